The summed E-state index contributed by atoms with van der Waals surface area (Å²) in [4.78, 5) is 47.5. The SMILES string of the molecule is CCOC(=O)C1CCN(C(=O)C(C)N2C(=O)c3ccccc3C2c2c(-c3ccc(C)cc3)[nH]c3ccccc23)CC1. The second-order valence-electron chi connectivity index (χ2n) is 11.1. The molecule has 2 atom stereocenters. The van der Waals surface area contributed by atoms with Crippen LogP contribution in [0.4, 0.5) is 0 Å². The molecule has 1 aromatic heterocycles. The number of hydrogen-bond donors (Lipinski definition) is 1. The van der Waals surface area contributed by atoms with Crippen LogP contribution in [0.25, 0.3) is 22.2 Å². The Morgan fingerprint density at radius 2 is 1.66 bits per heavy atom. The number of rotatable bonds is 6. The molecule has 7 nitrogen and oxygen atoms in total. The van der Waals surface area contributed by atoms with Gasteiger partial charge in [0.05, 0.1) is 24.3 Å². The van der Waals surface area contributed by atoms with Crippen molar-refractivity contribution in [3.8, 4) is 11.3 Å². The van der Waals surface area contributed by atoms with E-state index in [0.29, 0.717) is 38.1 Å². The lowest BCUT2D eigenvalue weighted by molar-refractivity contribution is -0.151. The molecule has 0 saturated carbocycles. The van der Waals surface area contributed by atoms with Gasteiger partial charge in [-0.2, -0.15) is 0 Å². The van der Waals surface area contributed by atoms with Crippen molar-refractivity contribution < 1.29 is 19.1 Å². The van der Waals surface area contributed by atoms with Crippen molar-refractivity contribution in [2.75, 3.05) is 19.7 Å². The highest BCUT2D eigenvalue weighted by Crippen LogP contribution is 2.46. The fourth-order valence-corrected chi connectivity index (χ4v) is 6.40. The molecule has 2 amide bonds. The van der Waals surface area contributed by atoms with E-state index in [2.05, 4.69) is 42.2 Å². The van der Waals surface area contributed by atoms with Gasteiger partial charge in [-0.3, -0.25) is 14.4 Å². The van der Waals surface area contributed by atoms with Crippen molar-refractivity contribution >= 4 is 28.7 Å². The second kappa shape index (κ2) is 10.9. The number of amides is 2. The van der Waals surface area contributed by atoms with E-state index in [1.807, 2.05) is 49.4 Å². The number of H-pyrrole nitrogens is 1. The zero-order valence-corrected chi connectivity index (χ0v) is 23.7. The van der Waals surface area contributed by atoms with E-state index in [1.165, 1.54) is 5.56 Å². The molecule has 1 saturated heterocycles. The minimum Gasteiger partial charge on any atom is -0.466 e. The molecule has 3 aromatic carbocycles. The van der Waals surface area contributed by atoms with Crippen molar-refractivity contribution in [1.82, 2.24) is 14.8 Å². The standard InChI is InChI=1S/C34H35N3O4/c1-4-41-34(40)24-17-19-36(20-18-24)32(38)22(3)37-31(25-9-5-6-10-26(25)33(37)39)29-27-11-7-8-12-28(27)35-30(29)23-15-13-21(2)14-16-23/h5-16,22,24,31,35H,4,17-20H2,1-3H3. The molecule has 0 radical (unpaired) electrons. The van der Waals surface area contributed by atoms with E-state index in [0.717, 1.165) is 33.3 Å². The van der Waals surface area contributed by atoms with Gasteiger partial charge >= 0.3 is 5.97 Å². The molecule has 41 heavy (non-hydrogen) atoms. The number of esters is 1. The molecule has 2 unspecified atom stereocenters. The summed E-state index contributed by atoms with van der Waals surface area (Å²) in [5.74, 6) is -0.632. The normalized spacial score (nSPS) is 18.0. The Bertz CT molecular complexity index is 1610. The van der Waals surface area contributed by atoms with Crippen molar-refractivity contribution in [2.24, 2.45) is 5.92 Å². The van der Waals surface area contributed by atoms with Crippen molar-refractivity contribution in [2.45, 2.75) is 45.7 Å². The van der Waals surface area contributed by atoms with Crippen molar-refractivity contribution in [3.63, 3.8) is 0 Å². The van der Waals surface area contributed by atoms with Gasteiger partial charge in [-0.1, -0.05) is 66.2 Å². The van der Waals surface area contributed by atoms with Gasteiger partial charge in [0, 0.05) is 35.1 Å². The first kappa shape index (κ1) is 26.8. The zero-order valence-electron chi connectivity index (χ0n) is 23.7. The van der Waals surface area contributed by atoms with Crippen LogP contribution in [0, 0.1) is 12.8 Å². The number of aromatic nitrogens is 1. The maximum Gasteiger partial charge on any atom is 0.309 e. The summed E-state index contributed by atoms with van der Waals surface area (Å²) in [5, 5.41) is 1.03. The number of ether oxygens (including phenoxy) is 1. The summed E-state index contributed by atoms with van der Waals surface area (Å²) in [6.45, 7) is 6.98. The van der Waals surface area contributed by atoms with Crippen LogP contribution in [-0.2, 0) is 14.3 Å². The molecule has 0 spiro atoms. The molecule has 1 N–H and O–H groups in total. The zero-order chi connectivity index (χ0) is 28.7. The van der Waals surface area contributed by atoms with Crippen LogP contribution in [-0.4, -0.2) is 58.3 Å². The van der Waals surface area contributed by atoms with Crippen LogP contribution < -0.4 is 0 Å². The largest absolute Gasteiger partial charge is 0.466 e. The number of hydrogen-bond acceptors (Lipinski definition) is 4. The fraction of sp³-hybridized carbons (Fsp3) is 0.324. The summed E-state index contributed by atoms with van der Waals surface area (Å²) in [7, 11) is 0. The third-order valence-corrected chi connectivity index (χ3v) is 8.56. The first-order chi connectivity index (χ1) is 19.9. The Morgan fingerprint density at radius 1 is 0.976 bits per heavy atom. The first-order valence-corrected chi connectivity index (χ1v) is 14.4. The minimum absolute atomic E-state index is 0.102. The number of benzene rings is 3. The Morgan fingerprint density at radius 3 is 2.39 bits per heavy atom. The van der Waals surface area contributed by atoms with Gasteiger partial charge in [-0.25, -0.2) is 0 Å². The monoisotopic (exact) mass is 549 g/mol. The van der Waals surface area contributed by atoms with Gasteiger partial charge in [0.15, 0.2) is 0 Å². The van der Waals surface area contributed by atoms with Crippen LogP contribution in [0.2, 0.25) is 0 Å². The van der Waals surface area contributed by atoms with Gasteiger partial charge in [-0.05, 0) is 56.9 Å². The third-order valence-electron chi connectivity index (χ3n) is 8.56. The average Bonchev–Trinajstić information content (AvgIpc) is 3.52. The maximum atomic E-state index is 14.1. The minimum atomic E-state index is -0.696. The fourth-order valence-electron chi connectivity index (χ4n) is 6.40. The van der Waals surface area contributed by atoms with Crippen LogP contribution in [0.3, 0.4) is 0 Å². The number of fused-ring (bicyclic) bond motifs is 2. The Kier molecular flexibility index (Phi) is 7.12. The molecule has 3 heterocycles. The summed E-state index contributed by atoms with van der Waals surface area (Å²) in [6, 6.07) is 23.0. The number of nitrogens with one attached hydrogen (secondary N) is 1. The molecule has 2 aliphatic heterocycles. The molecule has 0 bridgehead atoms. The third kappa shape index (κ3) is 4.69. The predicted octanol–water partition coefficient (Wildman–Crippen LogP) is 5.88. The number of piperidine rings is 1. The summed E-state index contributed by atoms with van der Waals surface area (Å²) in [6.07, 6.45) is 1.13. The lowest BCUT2D eigenvalue weighted by atomic mass is 9.92. The molecule has 7 heteroatoms. The van der Waals surface area contributed by atoms with E-state index in [4.69, 9.17) is 4.74 Å². The number of para-hydroxylation sites is 1. The highest BCUT2D eigenvalue weighted by Gasteiger charge is 2.45. The lowest BCUT2D eigenvalue weighted by Crippen LogP contribution is -2.51. The van der Waals surface area contributed by atoms with Crippen molar-refractivity contribution in [1.29, 1.82) is 0 Å². The number of carbonyl (C=O) groups excluding carboxylic acids is 3. The molecule has 2 aliphatic rings. The Labute approximate surface area is 240 Å². The number of aryl methyl sites for hydroxylation is 1. The lowest BCUT2D eigenvalue weighted by Gasteiger charge is -2.37. The van der Waals surface area contributed by atoms with Crippen LogP contribution in [0.5, 0.6) is 0 Å². The van der Waals surface area contributed by atoms with Gasteiger partial charge in [0.2, 0.25) is 5.91 Å². The van der Waals surface area contributed by atoms with E-state index < -0.39 is 12.1 Å². The highest BCUT2D eigenvalue weighted by molar-refractivity contribution is 6.04. The van der Waals surface area contributed by atoms with E-state index in [1.54, 1.807) is 16.7 Å². The molecule has 6 rings (SSSR count). The van der Waals surface area contributed by atoms with Crippen LogP contribution >= 0.6 is 0 Å². The molecule has 0 aliphatic carbocycles. The Hall–Kier alpha value is -4.39. The van der Waals surface area contributed by atoms with Gasteiger partial charge in [-0.15, -0.1) is 0 Å². The van der Waals surface area contributed by atoms with Gasteiger partial charge in [0.25, 0.3) is 5.91 Å². The Balaban J connectivity index is 1.40. The van der Waals surface area contributed by atoms with E-state index in [-0.39, 0.29) is 23.7 Å². The summed E-state index contributed by atoms with van der Waals surface area (Å²) in [5.41, 5.74) is 6.63. The number of nitrogens with zero attached hydrogens (tertiary/aromatic N) is 2. The molecule has 1 fully saturated rings. The molecular formula is C34H35N3O4. The number of likely N-dealkylation sites (tertiary alicyclic amines) is 1. The maximum absolute atomic E-state index is 14.1. The van der Waals surface area contributed by atoms with Gasteiger partial charge in [0.1, 0.15) is 6.04 Å². The number of aromatic amines is 1. The molecular weight excluding hydrogens is 514 g/mol. The van der Waals surface area contributed by atoms with Crippen molar-refractivity contribution in [3.05, 3.63) is 95.1 Å². The summed E-state index contributed by atoms with van der Waals surface area (Å²) >= 11 is 0. The number of carbonyl (C=O) groups is 3. The topological polar surface area (TPSA) is 82.7 Å². The average molecular weight is 550 g/mol. The van der Waals surface area contributed by atoms with Crippen LogP contribution in [0.1, 0.15) is 59.8 Å². The summed E-state index contributed by atoms with van der Waals surface area (Å²) < 4.78 is 5.20. The second-order valence-corrected chi connectivity index (χ2v) is 11.1. The van der Waals surface area contributed by atoms with E-state index in [9.17, 15) is 14.4 Å². The smallest absolute Gasteiger partial charge is 0.309 e. The van der Waals surface area contributed by atoms with Gasteiger partial charge < -0.3 is 19.5 Å². The quantitative estimate of drug-likeness (QED) is 0.305. The first-order valence-electron chi connectivity index (χ1n) is 14.4. The highest BCUT2D eigenvalue weighted by atomic mass is 16.5. The molecule has 210 valence electrons. The molecule has 4 aromatic rings. The van der Waals surface area contributed by atoms with Crippen LogP contribution in [0.15, 0.2) is 72.8 Å². The predicted molar refractivity (Wildman–Crippen MR) is 158 cm³/mol. The van der Waals surface area contributed by atoms with E-state index >= 15 is 0 Å².